The molecule has 0 saturated heterocycles. The quantitative estimate of drug-likeness (QED) is 0.618. The van der Waals surface area contributed by atoms with Gasteiger partial charge in [-0.2, -0.15) is 0 Å². The predicted molar refractivity (Wildman–Crippen MR) is 42.5 cm³/mol. The standard InChI is InChI=1S/C9H17N/c1-6(5-10)8-3-2-7-4-9(7)8/h6-9H,2-5,10H2,1H3/t6-,7?,8?,9?/m0/s1. The van der Waals surface area contributed by atoms with Crippen molar-refractivity contribution in [1.82, 2.24) is 0 Å². The first kappa shape index (κ1) is 6.66. The Morgan fingerprint density at radius 2 is 2.30 bits per heavy atom. The van der Waals surface area contributed by atoms with E-state index in [0.29, 0.717) is 0 Å². The van der Waals surface area contributed by atoms with E-state index in [1.165, 1.54) is 19.3 Å². The Balaban J connectivity index is 1.92. The molecule has 1 nitrogen and oxygen atoms in total. The van der Waals surface area contributed by atoms with E-state index in [2.05, 4.69) is 6.92 Å². The highest BCUT2D eigenvalue weighted by molar-refractivity contribution is 4.98. The van der Waals surface area contributed by atoms with Gasteiger partial charge in [0.2, 0.25) is 0 Å². The highest BCUT2D eigenvalue weighted by Gasteiger charge is 2.48. The molecule has 10 heavy (non-hydrogen) atoms. The van der Waals surface area contributed by atoms with Crippen molar-refractivity contribution >= 4 is 0 Å². The molecule has 0 bridgehead atoms. The molecule has 2 aliphatic carbocycles. The molecule has 0 amide bonds. The highest BCUT2D eigenvalue weighted by atomic mass is 14.6. The Hall–Kier alpha value is -0.0400. The van der Waals surface area contributed by atoms with E-state index in [1.807, 2.05) is 0 Å². The first-order valence-corrected chi connectivity index (χ1v) is 4.53. The fourth-order valence-electron chi connectivity index (χ4n) is 2.63. The summed E-state index contributed by atoms with van der Waals surface area (Å²) in [5.41, 5.74) is 5.63. The van der Waals surface area contributed by atoms with Crippen molar-refractivity contribution in [3.8, 4) is 0 Å². The van der Waals surface area contributed by atoms with Crippen LogP contribution < -0.4 is 5.73 Å². The molecular formula is C9H17N. The molecule has 0 radical (unpaired) electrons. The van der Waals surface area contributed by atoms with Crippen molar-refractivity contribution in [2.45, 2.75) is 26.2 Å². The van der Waals surface area contributed by atoms with E-state index in [9.17, 15) is 0 Å². The monoisotopic (exact) mass is 139 g/mol. The minimum Gasteiger partial charge on any atom is -0.330 e. The molecule has 2 N–H and O–H groups in total. The van der Waals surface area contributed by atoms with Crippen LogP contribution in [0.2, 0.25) is 0 Å². The van der Waals surface area contributed by atoms with E-state index >= 15 is 0 Å². The molecule has 4 atom stereocenters. The van der Waals surface area contributed by atoms with Gasteiger partial charge in [0.05, 0.1) is 0 Å². The maximum atomic E-state index is 5.63. The van der Waals surface area contributed by atoms with Gasteiger partial charge in [0, 0.05) is 0 Å². The molecule has 0 aromatic heterocycles. The zero-order valence-electron chi connectivity index (χ0n) is 6.72. The molecule has 2 saturated carbocycles. The molecule has 0 aliphatic heterocycles. The van der Waals surface area contributed by atoms with Gasteiger partial charge in [-0.3, -0.25) is 0 Å². The Morgan fingerprint density at radius 1 is 1.50 bits per heavy atom. The SMILES string of the molecule is C[C@@H](CN)C1CCC2CC21. The summed E-state index contributed by atoms with van der Waals surface area (Å²) in [7, 11) is 0. The molecule has 3 unspecified atom stereocenters. The molecular weight excluding hydrogens is 122 g/mol. The Morgan fingerprint density at radius 3 is 2.70 bits per heavy atom. The molecule has 0 spiro atoms. The lowest BCUT2D eigenvalue weighted by molar-refractivity contribution is 0.335. The summed E-state index contributed by atoms with van der Waals surface area (Å²) in [5.74, 6) is 4.00. The van der Waals surface area contributed by atoms with Crippen LogP contribution >= 0.6 is 0 Å². The lowest BCUT2D eigenvalue weighted by atomic mass is 9.89. The zero-order chi connectivity index (χ0) is 7.14. The highest BCUT2D eigenvalue weighted by Crippen LogP contribution is 2.57. The number of hydrogen-bond acceptors (Lipinski definition) is 1. The summed E-state index contributed by atoms with van der Waals surface area (Å²) >= 11 is 0. The van der Waals surface area contributed by atoms with Crippen molar-refractivity contribution in [2.75, 3.05) is 6.54 Å². The Labute approximate surface area is 63.0 Å². The summed E-state index contributed by atoms with van der Waals surface area (Å²) in [6.45, 7) is 3.21. The first-order valence-electron chi connectivity index (χ1n) is 4.53. The van der Waals surface area contributed by atoms with E-state index in [-0.39, 0.29) is 0 Å². The van der Waals surface area contributed by atoms with Crippen LogP contribution in [0.3, 0.4) is 0 Å². The fourth-order valence-corrected chi connectivity index (χ4v) is 2.63. The molecule has 2 fully saturated rings. The molecule has 2 rings (SSSR count). The molecule has 2 aliphatic rings. The van der Waals surface area contributed by atoms with Crippen LogP contribution in [0.4, 0.5) is 0 Å². The largest absolute Gasteiger partial charge is 0.330 e. The predicted octanol–water partition coefficient (Wildman–Crippen LogP) is 1.63. The summed E-state index contributed by atoms with van der Waals surface area (Å²) in [6, 6.07) is 0. The zero-order valence-corrected chi connectivity index (χ0v) is 6.72. The van der Waals surface area contributed by atoms with Crippen molar-refractivity contribution in [2.24, 2.45) is 29.4 Å². The number of hydrogen-bond donors (Lipinski definition) is 1. The van der Waals surface area contributed by atoms with Crippen LogP contribution in [-0.2, 0) is 0 Å². The average molecular weight is 139 g/mol. The lowest BCUT2D eigenvalue weighted by Gasteiger charge is -2.18. The van der Waals surface area contributed by atoms with Gasteiger partial charge < -0.3 is 5.73 Å². The smallest absolute Gasteiger partial charge is 0.00488 e. The summed E-state index contributed by atoms with van der Waals surface area (Å²) in [6.07, 6.45) is 4.49. The van der Waals surface area contributed by atoms with Crippen LogP contribution in [0.25, 0.3) is 0 Å². The second-order valence-corrected chi connectivity index (χ2v) is 4.11. The van der Waals surface area contributed by atoms with E-state index in [0.717, 1.165) is 30.2 Å². The van der Waals surface area contributed by atoms with E-state index < -0.39 is 0 Å². The lowest BCUT2D eigenvalue weighted by Crippen LogP contribution is -2.20. The number of fused-ring (bicyclic) bond motifs is 1. The average Bonchev–Trinajstić information content (AvgIpc) is 2.62. The third-order valence-electron chi connectivity index (χ3n) is 3.50. The minimum absolute atomic E-state index is 0.789. The van der Waals surface area contributed by atoms with Crippen LogP contribution in [0.5, 0.6) is 0 Å². The van der Waals surface area contributed by atoms with Crippen LogP contribution in [0, 0.1) is 23.7 Å². The first-order chi connectivity index (χ1) is 4.83. The fraction of sp³-hybridized carbons (Fsp3) is 1.00. The third kappa shape index (κ3) is 0.878. The molecule has 0 heterocycles. The molecule has 1 heteroatoms. The van der Waals surface area contributed by atoms with E-state index in [4.69, 9.17) is 5.73 Å². The molecule has 0 aromatic carbocycles. The van der Waals surface area contributed by atoms with Crippen molar-refractivity contribution in [3.63, 3.8) is 0 Å². The molecule has 58 valence electrons. The van der Waals surface area contributed by atoms with Crippen molar-refractivity contribution < 1.29 is 0 Å². The summed E-state index contributed by atoms with van der Waals surface area (Å²) in [4.78, 5) is 0. The van der Waals surface area contributed by atoms with Gasteiger partial charge in [-0.25, -0.2) is 0 Å². The van der Waals surface area contributed by atoms with Crippen LogP contribution in [-0.4, -0.2) is 6.54 Å². The summed E-state index contributed by atoms with van der Waals surface area (Å²) < 4.78 is 0. The molecule has 0 aromatic rings. The van der Waals surface area contributed by atoms with Gasteiger partial charge in [-0.1, -0.05) is 6.92 Å². The second-order valence-electron chi connectivity index (χ2n) is 4.11. The third-order valence-corrected chi connectivity index (χ3v) is 3.50. The van der Waals surface area contributed by atoms with Gasteiger partial charge in [0.15, 0.2) is 0 Å². The van der Waals surface area contributed by atoms with Gasteiger partial charge >= 0.3 is 0 Å². The maximum Gasteiger partial charge on any atom is -0.00488 e. The van der Waals surface area contributed by atoms with Gasteiger partial charge in [-0.05, 0) is 49.5 Å². The topological polar surface area (TPSA) is 26.0 Å². The van der Waals surface area contributed by atoms with Crippen LogP contribution in [0.1, 0.15) is 26.2 Å². The Kier molecular flexibility index (Phi) is 1.48. The van der Waals surface area contributed by atoms with Crippen LogP contribution in [0.15, 0.2) is 0 Å². The maximum absolute atomic E-state index is 5.63. The minimum atomic E-state index is 0.789. The van der Waals surface area contributed by atoms with Crippen molar-refractivity contribution in [1.29, 1.82) is 0 Å². The van der Waals surface area contributed by atoms with Crippen molar-refractivity contribution in [3.05, 3.63) is 0 Å². The number of rotatable bonds is 2. The van der Waals surface area contributed by atoms with Gasteiger partial charge in [-0.15, -0.1) is 0 Å². The summed E-state index contributed by atoms with van der Waals surface area (Å²) in [5, 5.41) is 0. The second kappa shape index (κ2) is 2.23. The van der Waals surface area contributed by atoms with E-state index in [1.54, 1.807) is 0 Å². The van der Waals surface area contributed by atoms with Gasteiger partial charge in [0.25, 0.3) is 0 Å². The Bertz CT molecular complexity index is 133. The normalized spacial score (nSPS) is 46.8. The van der Waals surface area contributed by atoms with Gasteiger partial charge in [0.1, 0.15) is 0 Å². The number of nitrogens with two attached hydrogens (primary N) is 1.